The van der Waals surface area contributed by atoms with E-state index >= 15 is 0 Å². The molecule has 0 saturated heterocycles. The Hall–Kier alpha value is -1.35. The van der Waals surface area contributed by atoms with Crippen LogP contribution in [0, 0.1) is 0 Å². The molecule has 0 heterocycles. The maximum absolute atomic E-state index is 10.5. The number of rotatable bonds is 6. The fraction of sp³-hybridized carbons (Fsp3) is 0.533. The van der Waals surface area contributed by atoms with E-state index in [-0.39, 0.29) is 12.0 Å². The summed E-state index contributed by atoms with van der Waals surface area (Å²) in [4.78, 5) is 10.5. The molecule has 3 nitrogen and oxygen atoms in total. The highest BCUT2D eigenvalue weighted by Gasteiger charge is 2.20. The first-order chi connectivity index (χ1) is 8.33. The lowest BCUT2D eigenvalue weighted by atomic mass is 9.83. The molecule has 0 fully saturated rings. The van der Waals surface area contributed by atoms with Crippen molar-refractivity contribution >= 4 is 5.97 Å². The van der Waals surface area contributed by atoms with E-state index in [1.54, 1.807) is 0 Å². The number of aliphatic carboxylic acids is 1. The summed E-state index contributed by atoms with van der Waals surface area (Å²) in [6, 6.07) is 8.58. The molecule has 0 bridgehead atoms. The molecule has 0 amide bonds. The summed E-state index contributed by atoms with van der Waals surface area (Å²) in [6.07, 6.45) is 0. The first kappa shape index (κ1) is 14.7. The molecular formula is C15H23NO2. The summed E-state index contributed by atoms with van der Waals surface area (Å²) >= 11 is 0. The zero-order valence-corrected chi connectivity index (χ0v) is 11.7. The van der Waals surface area contributed by atoms with Crippen LogP contribution >= 0.6 is 0 Å². The first-order valence-electron chi connectivity index (χ1n) is 6.36. The summed E-state index contributed by atoms with van der Waals surface area (Å²) < 4.78 is 0. The van der Waals surface area contributed by atoms with Crippen molar-refractivity contribution in [1.29, 1.82) is 0 Å². The largest absolute Gasteiger partial charge is 0.480 e. The Morgan fingerprint density at radius 3 is 2.28 bits per heavy atom. The highest BCUT2D eigenvalue weighted by Crippen LogP contribution is 2.24. The van der Waals surface area contributed by atoms with E-state index in [4.69, 9.17) is 5.11 Å². The van der Waals surface area contributed by atoms with Gasteiger partial charge in [0.15, 0.2) is 0 Å². The third-order valence-corrected chi connectivity index (χ3v) is 3.20. The van der Waals surface area contributed by atoms with Gasteiger partial charge < -0.3 is 10.4 Å². The molecule has 100 valence electrons. The molecule has 0 unspecified atom stereocenters. The van der Waals surface area contributed by atoms with Gasteiger partial charge in [-0.25, -0.2) is 0 Å². The van der Waals surface area contributed by atoms with Gasteiger partial charge in [-0.1, -0.05) is 52.0 Å². The second-order valence-electron chi connectivity index (χ2n) is 5.66. The van der Waals surface area contributed by atoms with Gasteiger partial charge in [0.2, 0.25) is 0 Å². The van der Waals surface area contributed by atoms with Crippen molar-refractivity contribution in [3.8, 4) is 0 Å². The van der Waals surface area contributed by atoms with Crippen LogP contribution in [0.2, 0.25) is 0 Å². The minimum Gasteiger partial charge on any atom is -0.480 e. The molecule has 0 radical (unpaired) electrons. The van der Waals surface area contributed by atoms with Crippen LogP contribution in [0.3, 0.4) is 0 Å². The molecule has 0 aliphatic carbocycles. The van der Waals surface area contributed by atoms with Crippen LogP contribution in [0.4, 0.5) is 0 Å². The van der Waals surface area contributed by atoms with Crippen LogP contribution in [0.15, 0.2) is 24.3 Å². The fourth-order valence-electron chi connectivity index (χ4n) is 1.90. The SMILES string of the molecule is CC(C)c1ccc(C(C)(C)CNCC(=O)O)cc1. The normalized spacial score (nSPS) is 11.8. The van der Waals surface area contributed by atoms with Gasteiger partial charge >= 0.3 is 5.97 Å². The van der Waals surface area contributed by atoms with Crippen LogP contribution in [0.1, 0.15) is 44.7 Å². The van der Waals surface area contributed by atoms with Crippen molar-refractivity contribution in [3.05, 3.63) is 35.4 Å². The van der Waals surface area contributed by atoms with E-state index in [0.717, 1.165) is 0 Å². The average molecular weight is 249 g/mol. The Bertz CT molecular complexity index is 393. The van der Waals surface area contributed by atoms with E-state index in [9.17, 15) is 4.79 Å². The van der Waals surface area contributed by atoms with Crippen LogP contribution in [-0.4, -0.2) is 24.2 Å². The van der Waals surface area contributed by atoms with Gasteiger partial charge in [-0.3, -0.25) is 4.79 Å². The van der Waals surface area contributed by atoms with Crippen molar-refractivity contribution in [2.75, 3.05) is 13.1 Å². The molecule has 3 heteroatoms. The maximum Gasteiger partial charge on any atom is 0.317 e. The third-order valence-electron chi connectivity index (χ3n) is 3.20. The van der Waals surface area contributed by atoms with Gasteiger partial charge in [0.1, 0.15) is 0 Å². The second-order valence-corrected chi connectivity index (χ2v) is 5.66. The zero-order valence-electron chi connectivity index (χ0n) is 11.7. The molecule has 0 saturated carbocycles. The number of nitrogens with one attached hydrogen (secondary N) is 1. The van der Waals surface area contributed by atoms with E-state index in [1.807, 2.05) is 0 Å². The molecule has 0 atom stereocenters. The highest BCUT2D eigenvalue weighted by molar-refractivity contribution is 5.69. The van der Waals surface area contributed by atoms with Gasteiger partial charge in [-0.2, -0.15) is 0 Å². The minimum atomic E-state index is -0.819. The molecule has 0 spiro atoms. The van der Waals surface area contributed by atoms with E-state index < -0.39 is 5.97 Å². The molecule has 18 heavy (non-hydrogen) atoms. The van der Waals surface area contributed by atoms with Crippen molar-refractivity contribution in [3.63, 3.8) is 0 Å². The number of hydrogen-bond donors (Lipinski definition) is 2. The van der Waals surface area contributed by atoms with Crippen molar-refractivity contribution in [1.82, 2.24) is 5.32 Å². The summed E-state index contributed by atoms with van der Waals surface area (Å²) in [6.45, 7) is 9.25. The molecule has 1 aromatic carbocycles. The van der Waals surface area contributed by atoms with Crippen LogP contribution in [-0.2, 0) is 10.2 Å². The predicted octanol–water partition coefficient (Wildman–Crippen LogP) is 2.76. The topological polar surface area (TPSA) is 49.3 Å². The number of carboxylic acid groups (broad SMARTS) is 1. The molecule has 0 aliphatic rings. The monoisotopic (exact) mass is 249 g/mol. The summed E-state index contributed by atoms with van der Waals surface area (Å²) in [5.41, 5.74) is 2.49. The Labute approximate surface area is 109 Å². The molecule has 2 N–H and O–H groups in total. The first-order valence-corrected chi connectivity index (χ1v) is 6.36. The van der Waals surface area contributed by atoms with Crippen LogP contribution < -0.4 is 5.32 Å². The van der Waals surface area contributed by atoms with E-state index in [0.29, 0.717) is 12.5 Å². The standard InChI is InChI=1S/C15H23NO2/c1-11(2)12-5-7-13(8-6-12)15(3,4)10-16-9-14(17)18/h5-8,11,16H,9-10H2,1-4H3,(H,17,18). The average Bonchev–Trinajstić information content (AvgIpc) is 2.28. The Kier molecular flexibility index (Phi) is 4.91. The summed E-state index contributed by atoms with van der Waals surface area (Å²) in [5.74, 6) is -0.284. The lowest BCUT2D eigenvalue weighted by Gasteiger charge is -2.26. The van der Waals surface area contributed by atoms with Crippen LogP contribution in [0.25, 0.3) is 0 Å². The van der Waals surface area contributed by atoms with Crippen molar-refractivity contribution < 1.29 is 9.90 Å². The molecule has 0 aromatic heterocycles. The summed E-state index contributed by atoms with van der Waals surface area (Å²) in [5, 5.41) is 11.6. The van der Waals surface area contributed by atoms with Gasteiger partial charge in [-0.15, -0.1) is 0 Å². The maximum atomic E-state index is 10.5. The van der Waals surface area contributed by atoms with E-state index in [1.165, 1.54) is 11.1 Å². The lowest BCUT2D eigenvalue weighted by molar-refractivity contribution is -0.136. The van der Waals surface area contributed by atoms with Gasteiger partial charge in [0, 0.05) is 12.0 Å². The molecule has 1 rings (SSSR count). The predicted molar refractivity (Wildman–Crippen MR) is 74.1 cm³/mol. The second kappa shape index (κ2) is 6.01. The van der Waals surface area contributed by atoms with Crippen molar-refractivity contribution in [2.24, 2.45) is 0 Å². The van der Waals surface area contributed by atoms with Crippen LogP contribution in [0.5, 0.6) is 0 Å². The smallest absolute Gasteiger partial charge is 0.317 e. The molecule has 1 aromatic rings. The minimum absolute atomic E-state index is 0.00745. The molecular weight excluding hydrogens is 226 g/mol. The van der Waals surface area contributed by atoms with Gasteiger partial charge in [0.05, 0.1) is 6.54 Å². The Morgan fingerprint density at radius 2 is 1.83 bits per heavy atom. The Morgan fingerprint density at radius 1 is 1.28 bits per heavy atom. The zero-order chi connectivity index (χ0) is 13.8. The highest BCUT2D eigenvalue weighted by atomic mass is 16.4. The van der Waals surface area contributed by atoms with Gasteiger partial charge in [0.25, 0.3) is 0 Å². The number of carbonyl (C=O) groups is 1. The number of carboxylic acids is 1. The number of hydrogen-bond acceptors (Lipinski definition) is 2. The summed E-state index contributed by atoms with van der Waals surface area (Å²) in [7, 11) is 0. The third kappa shape index (κ3) is 4.15. The lowest BCUT2D eigenvalue weighted by Crippen LogP contribution is -2.35. The quantitative estimate of drug-likeness (QED) is 0.815. The fourth-order valence-corrected chi connectivity index (χ4v) is 1.90. The van der Waals surface area contributed by atoms with Gasteiger partial charge in [-0.05, 0) is 17.0 Å². The van der Waals surface area contributed by atoms with E-state index in [2.05, 4.69) is 57.3 Å². The number of benzene rings is 1. The Balaban J connectivity index is 2.69. The molecule has 0 aliphatic heterocycles. The van der Waals surface area contributed by atoms with Crippen molar-refractivity contribution in [2.45, 2.75) is 39.0 Å².